The molecule has 0 saturated carbocycles. The average molecular weight is 316 g/mol. The number of ether oxygens (including phenoxy) is 1. The van der Waals surface area contributed by atoms with Gasteiger partial charge in [-0.3, -0.25) is 0 Å². The van der Waals surface area contributed by atoms with Gasteiger partial charge in [-0.1, -0.05) is 12.1 Å². The fourth-order valence-corrected chi connectivity index (χ4v) is 1.97. The van der Waals surface area contributed by atoms with Gasteiger partial charge in [0.2, 0.25) is 11.6 Å². The number of para-hydroxylation sites is 1. The largest absolute Gasteiger partial charge is 0.442 e. The molecule has 0 atom stereocenters. The Kier molecular flexibility index (Phi) is 2.89. The van der Waals surface area contributed by atoms with Crippen LogP contribution in [0.4, 0.5) is 0 Å². The van der Waals surface area contributed by atoms with Crippen molar-refractivity contribution in [3.63, 3.8) is 0 Å². The van der Waals surface area contributed by atoms with Gasteiger partial charge in [0.1, 0.15) is 18.0 Å². The summed E-state index contributed by atoms with van der Waals surface area (Å²) in [7, 11) is 0. The van der Waals surface area contributed by atoms with Gasteiger partial charge < -0.3 is 9.15 Å². The zero-order chi connectivity index (χ0) is 13.2. The molecule has 6 heteroatoms. The number of furan rings is 1. The highest BCUT2D eigenvalue weighted by atomic mass is 79.9. The van der Waals surface area contributed by atoms with E-state index in [0.29, 0.717) is 21.7 Å². The van der Waals surface area contributed by atoms with Crippen molar-refractivity contribution in [1.29, 1.82) is 5.26 Å². The molecule has 0 unspecified atom stereocenters. The summed E-state index contributed by atoms with van der Waals surface area (Å²) in [6.07, 6.45) is 2.94. The lowest BCUT2D eigenvalue weighted by molar-refractivity contribution is 0.446. The first-order chi connectivity index (χ1) is 9.29. The normalized spacial score (nSPS) is 10.3. The maximum absolute atomic E-state index is 9.10. The molecular formula is C13H6BrN3O2. The molecule has 2 aromatic heterocycles. The highest BCUT2D eigenvalue weighted by Gasteiger charge is 2.17. The van der Waals surface area contributed by atoms with Gasteiger partial charge in [-0.2, -0.15) is 5.26 Å². The average Bonchev–Trinajstić information content (AvgIpc) is 2.79. The monoisotopic (exact) mass is 315 g/mol. The smallest absolute Gasteiger partial charge is 0.247 e. The first-order valence-electron chi connectivity index (χ1n) is 5.34. The third-order valence-electron chi connectivity index (χ3n) is 2.48. The van der Waals surface area contributed by atoms with Crippen LogP contribution >= 0.6 is 15.9 Å². The van der Waals surface area contributed by atoms with Crippen LogP contribution in [0.5, 0.6) is 11.6 Å². The van der Waals surface area contributed by atoms with Crippen molar-refractivity contribution in [2.75, 3.05) is 0 Å². The predicted octanol–water partition coefficient (Wildman–Crippen LogP) is 3.65. The van der Waals surface area contributed by atoms with E-state index in [-0.39, 0.29) is 5.76 Å². The first-order valence-corrected chi connectivity index (χ1v) is 6.14. The van der Waals surface area contributed by atoms with E-state index in [0.717, 1.165) is 5.39 Å². The van der Waals surface area contributed by atoms with Crippen LogP contribution in [0.15, 0.2) is 45.7 Å². The molecule has 92 valence electrons. The SMILES string of the molecule is N#Cc1oc2ccccc2c1Oc1ncncc1Br. The summed E-state index contributed by atoms with van der Waals surface area (Å²) in [5.74, 6) is 0.808. The van der Waals surface area contributed by atoms with E-state index < -0.39 is 0 Å². The number of aromatic nitrogens is 2. The van der Waals surface area contributed by atoms with Crippen LogP contribution in [0.3, 0.4) is 0 Å². The number of benzene rings is 1. The molecule has 0 aliphatic heterocycles. The molecule has 2 heterocycles. The predicted molar refractivity (Wildman–Crippen MR) is 70.7 cm³/mol. The number of hydrogen-bond acceptors (Lipinski definition) is 5. The summed E-state index contributed by atoms with van der Waals surface area (Å²) in [5.41, 5.74) is 0.597. The molecule has 0 spiro atoms. The van der Waals surface area contributed by atoms with E-state index in [9.17, 15) is 0 Å². The van der Waals surface area contributed by atoms with E-state index in [1.54, 1.807) is 12.3 Å². The quantitative estimate of drug-likeness (QED) is 0.721. The van der Waals surface area contributed by atoms with Crippen LogP contribution in [0, 0.1) is 11.3 Å². The van der Waals surface area contributed by atoms with E-state index in [1.807, 2.05) is 24.3 Å². The Hall–Kier alpha value is -2.39. The summed E-state index contributed by atoms with van der Waals surface area (Å²) in [4.78, 5) is 7.86. The summed E-state index contributed by atoms with van der Waals surface area (Å²) in [6.45, 7) is 0. The molecule has 0 bridgehead atoms. The molecule has 3 aromatic rings. The van der Waals surface area contributed by atoms with Crippen LogP contribution in [-0.2, 0) is 0 Å². The molecule has 0 N–H and O–H groups in total. The van der Waals surface area contributed by atoms with Crippen LogP contribution in [0.2, 0.25) is 0 Å². The van der Waals surface area contributed by atoms with Crippen LogP contribution < -0.4 is 4.74 Å². The molecule has 0 saturated heterocycles. The third-order valence-corrected chi connectivity index (χ3v) is 3.03. The standard InChI is InChI=1S/C13H6BrN3O2/c14-9-6-16-7-17-13(9)19-12-8-3-1-2-4-10(8)18-11(12)5-15/h1-4,6-7H. The topological polar surface area (TPSA) is 71.9 Å². The first kappa shape index (κ1) is 11.7. The lowest BCUT2D eigenvalue weighted by Crippen LogP contribution is -1.90. The van der Waals surface area contributed by atoms with Crippen molar-refractivity contribution in [2.24, 2.45) is 0 Å². The van der Waals surface area contributed by atoms with E-state index >= 15 is 0 Å². The van der Waals surface area contributed by atoms with Gasteiger partial charge in [0.25, 0.3) is 0 Å². The minimum atomic E-state index is 0.117. The van der Waals surface area contributed by atoms with Gasteiger partial charge in [0, 0.05) is 6.20 Å². The third kappa shape index (κ3) is 2.04. The molecule has 19 heavy (non-hydrogen) atoms. The van der Waals surface area contributed by atoms with E-state index in [1.165, 1.54) is 6.33 Å². The van der Waals surface area contributed by atoms with Crippen LogP contribution in [-0.4, -0.2) is 9.97 Å². The minimum Gasteiger partial charge on any atom is -0.442 e. The molecule has 0 amide bonds. The second-order valence-electron chi connectivity index (χ2n) is 3.65. The summed E-state index contributed by atoms with van der Waals surface area (Å²) in [5, 5.41) is 9.83. The van der Waals surface area contributed by atoms with Gasteiger partial charge in [0.15, 0.2) is 5.75 Å². The van der Waals surface area contributed by atoms with Crippen molar-refractivity contribution in [3.8, 4) is 17.7 Å². The van der Waals surface area contributed by atoms with Crippen LogP contribution in [0.1, 0.15) is 5.76 Å². The van der Waals surface area contributed by atoms with Crippen molar-refractivity contribution in [1.82, 2.24) is 9.97 Å². The molecular weight excluding hydrogens is 310 g/mol. The van der Waals surface area contributed by atoms with Crippen molar-refractivity contribution >= 4 is 26.9 Å². The number of nitriles is 1. The molecule has 0 fully saturated rings. The number of nitrogens with zero attached hydrogens (tertiary/aromatic N) is 3. The zero-order valence-corrected chi connectivity index (χ0v) is 11.1. The Labute approximate surface area is 116 Å². The summed E-state index contributed by atoms with van der Waals surface area (Å²) >= 11 is 3.29. The Bertz CT molecular complexity index is 792. The molecule has 0 radical (unpaired) electrons. The van der Waals surface area contributed by atoms with E-state index in [2.05, 4.69) is 25.9 Å². The summed E-state index contributed by atoms with van der Waals surface area (Å²) < 4.78 is 11.7. The second-order valence-corrected chi connectivity index (χ2v) is 4.50. The van der Waals surface area contributed by atoms with E-state index in [4.69, 9.17) is 14.4 Å². The van der Waals surface area contributed by atoms with Crippen molar-refractivity contribution < 1.29 is 9.15 Å². The van der Waals surface area contributed by atoms with Gasteiger partial charge >= 0.3 is 0 Å². The summed E-state index contributed by atoms with van der Waals surface area (Å²) in [6, 6.07) is 9.25. The Balaban J connectivity index is 2.15. The van der Waals surface area contributed by atoms with Gasteiger partial charge in [-0.25, -0.2) is 9.97 Å². The fraction of sp³-hybridized carbons (Fsp3) is 0. The second kappa shape index (κ2) is 4.71. The van der Waals surface area contributed by atoms with Gasteiger partial charge in [0.05, 0.1) is 9.86 Å². The molecule has 3 rings (SSSR count). The number of fused-ring (bicyclic) bond motifs is 1. The number of hydrogen-bond donors (Lipinski definition) is 0. The number of halogens is 1. The maximum atomic E-state index is 9.10. The number of rotatable bonds is 2. The van der Waals surface area contributed by atoms with Gasteiger partial charge in [-0.05, 0) is 28.1 Å². The Morgan fingerprint density at radius 2 is 2.16 bits per heavy atom. The molecule has 1 aromatic carbocycles. The highest BCUT2D eigenvalue weighted by molar-refractivity contribution is 9.10. The van der Waals surface area contributed by atoms with Crippen molar-refractivity contribution in [2.45, 2.75) is 0 Å². The van der Waals surface area contributed by atoms with Gasteiger partial charge in [-0.15, -0.1) is 0 Å². The van der Waals surface area contributed by atoms with Crippen molar-refractivity contribution in [3.05, 3.63) is 47.0 Å². The lowest BCUT2D eigenvalue weighted by atomic mass is 10.2. The maximum Gasteiger partial charge on any atom is 0.247 e. The Morgan fingerprint density at radius 1 is 1.32 bits per heavy atom. The molecule has 0 aliphatic carbocycles. The molecule has 5 nitrogen and oxygen atoms in total. The highest BCUT2D eigenvalue weighted by Crippen LogP contribution is 2.36. The van der Waals surface area contributed by atoms with Crippen LogP contribution in [0.25, 0.3) is 11.0 Å². The molecule has 0 aliphatic rings. The lowest BCUT2D eigenvalue weighted by Gasteiger charge is -2.03. The Morgan fingerprint density at radius 3 is 2.95 bits per heavy atom. The zero-order valence-electron chi connectivity index (χ0n) is 9.50. The fourth-order valence-electron chi connectivity index (χ4n) is 1.67. The minimum absolute atomic E-state index is 0.117.